The Morgan fingerprint density at radius 1 is 1.09 bits per heavy atom. The third-order valence-electron chi connectivity index (χ3n) is 7.06. The van der Waals surface area contributed by atoms with Crippen LogP contribution in [0.5, 0.6) is 0 Å². The Bertz CT molecular complexity index is 1160. The lowest BCUT2D eigenvalue weighted by molar-refractivity contribution is -0.136. The first-order valence-corrected chi connectivity index (χ1v) is 11.9. The molecule has 2 aromatic carbocycles. The highest BCUT2D eigenvalue weighted by Crippen LogP contribution is 2.32. The van der Waals surface area contributed by atoms with Crippen LogP contribution in [0.25, 0.3) is 0 Å². The molecule has 0 saturated carbocycles. The number of nitrogens with zero attached hydrogens (tertiary/aromatic N) is 1. The van der Waals surface area contributed by atoms with Crippen LogP contribution in [0.3, 0.4) is 0 Å². The fourth-order valence-corrected chi connectivity index (χ4v) is 4.87. The van der Waals surface area contributed by atoms with Crippen molar-refractivity contribution in [2.45, 2.75) is 57.3 Å². The summed E-state index contributed by atoms with van der Waals surface area (Å²) in [6, 6.07) is 13.6. The van der Waals surface area contributed by atoms with Crippen molar-refractivity contribution < 1.29 is 14.4 Å². The van der Waals surface area contributed by atoms with E-state index in [2.05, 4.69) is 59.3 Å². The summed E-state index contributed by atoms with van der Waals surface area (Å²) in [5.74, 6) is -0.822. The number of carbonyl (C=O) groups excluding carboxylic acids is 3. The monoisotopic (exact) mass is 458 g/mol. The molecule has 1 saturated heterocycles. The first-order valence-electron chi connectivity index (χ1n) is 11.9. The summed E-state index contributed by atoms with van der Waals surface area (Å²) >= 11 is 0. The molecule has 7 nitrogen and oxygen atoms in total. The number of hydrogen-bond acceptors (Lipinski definition) is 5. The van der Waals surface area contributed by atoms with E-state index in [1.165, 1.54) is 5.56 Å². The quantitative estimate of drug-likeness (QED) is 0.418. The second-order valence-electron chi connectivity index (χ2n) is 9.60. The van der Waals surface area contributed by atoms with E-state index >= 15 is 0 Å². The van der Waals surface area contributed by atoms with Gasteiger partial charge < -0.3 is 15.5 Å². The molecule has 3 N–H and O–H groups in total. The second kappa shape index (κ2) is 9.06. The molecule has 34 heavy (non-hydrogen) atoms. The molecule has 3 aliphatic rings. The van der Waals surface area contributed by atoms with Crippen LogP contribution in [0, 0.1) is 0 Å². The summed E-state index contributed by atoms with van der Waals surface area (Å²) in [6.07, 6.45) is 7.12. The zero-order chi connectivity index (χ0) is 23.7. The van der Waals surface area contributed by atoms with Crippen molar-refractivity contribution in [2.24, 2.45) is 0 Å². The predicted molar refractivity (Wildman–Crippen MR) is 130 cm³/mol. The van der Waals surface area contributed by atoms with Crippen molar-refractivity contribution in [2.75, 3.05) is 11.9 Å². The lowest BCUT2D eigenvalue weighted by atomic mass is 9.87. The molecule has 0 radical (unpaired) electrons. The number of hydrogen-bond donors (Lipinski definition) is 3. The second-order valence-corrected chi connectivity index (χ2v) is 9.60. The van der Waals surface area contributed by atoms with Gasteiger partial charge in [0.15, 0.2) is 0 Å². The first kappa shape index (κ1) is 22.3. The minimum Gasteiger partial charge on any atom is -0.381 e. The fourth-order valence-electron chi connectivity index (χ4n) is 4.87. The Morgan fingerprint density at radius 3 is 2.56 bits per heavy atom. The average Bonchev–Trinajstić information content (AvgIpc) is 3.14. The number of piperidine rings is 1. The lowest BCUT2D eigenvalue weighted by Crippen LogP contribution is -2.52. The van der Waals surface area contributed by atoms with Crippen molar-refractivity contribution in [1.29, 1.82) is 0 Å². The number of rotatable bonds is 8. The molecule has 2 heterocycles. The van der Waals surface area contributed by atoms with Crippen molar-refractivity contribution >= 4 is 23.4 Å². The number of nitrogens with one attached hydrogen (secondary N) is 3. The molecule has 1 fully saturated rings. The number of benzene rings is 2. The third-order valence-corrected chi connectivity index (χ3v) is 7.06. The van der Waals surface area contributed by atoms with Gasteiger partial charge in [0.1, 0.15) is 6.04 Å². The van der Waals surface area contributed by atoms with Crippen molar-refractivity contribution in [3.05, 3.63) is 76.9 Å². The number of anilines is 1. The van der Waals surface area contributed by atoms with Crippen LogP contribution in [0.2, 0.25) is 0 Å². The van der Waals surface area contributed by atoms with Gasteiger partial charge in [-0.05, 0) is 56.0 Å². The van der Waals surface area contributed by atoms with Gasteiger partial charge >= 0.3 is 0 Å². The van der Waals surface area contributed by atoms with Crippen LogP contribution in [-0.4, -0.2) is 40.7 Å². The van der Waals surface area contributed by atoms with E-state index in [4.69, 9.17) is 0 Å². The Kier molecular flexibility index (Phi) is 5.96. The summed E-state index contributed by atoms with van der Waals surface area (Å²) in [4.78, 5) is 38.3. The summed E-state index contributed by atoms with van der Waals surface area (Å²) in [6.45, 7) is 4.18. The molecule has 5 rings (SSSR count). The molecule has 0 spiro atoms. The van der Waals surface area contributed by atoms with Crippen LogP contribution in [0.15, 0.2) is 54.6 Å². The average molecular weight is 459 g/mol. The molecule has 2 unspecified atom stereocenters. The van der Waals surface area contributed by atoms with Crippen molar-refractivity contribution in [3.8, 4) is 0 Å². The van der Waals surface area contributed by atoms with Gasteiger partial charge in [-0.15, -0.1) is 0 Å². The van der Waals surface area contributed by atoms with E-state index in [0.29, 0.717) is 25.1 Å². The van der Waals surface area contributed by atoms with Crippen LogP contribution in [-0.2, 0) is 29.1 Å². The van der Waals surface area contributed by atoms with Gasteiger partial charge in [-0.2, -0.15) is 0 Å². The minimum absolute atomic E-state index is 0.155. The third kappa shape index (κ3) is 4.48. The minimum atomic E-state index is -0.601. The highest BCUT2D eigenvalue weighted by atomic mass is 16.2. The standard InChI is InChI=1S/C27H30N4O3/c1-27(13-3-14-27)29-15-12-18-6-8-19(9-7-18)16-28-22-5-2-4-20-21(22)17-31(26(20)34)23-10-11-24(32)30-25(23)33/h2-9,13,23,28-29H,10-12,14-17H2,1H3,(H,30,32,33). The Balaban J connectivity index is 1.19. The maximum atomic E-state index is 13.0. The van der Waals surface area contributed by atoms with Gasteiger partial charge in [-0.25, -0.2) is 0 Å². The van der Waals surface area contributed by atoms with Crippen molar-refractivity contribution in [1.82, 2.24) is 15.5 Å². The number of imide groups is 1. The molecule has 2 atom stereocenters. The fraction of sp³-hybridized carbons (Fsp3) is 0.370. The topological polar surface area (TPSA) is 90.5 Å². The molecule has 3 amide bonds. The van der Waals surface area contributed by atoms with E-state index < -0.39 is 6.04 Å². The van der Waals surface area contributed by atoms with Gasteiger partial charge in [-0.1, -0.05) is 42.5 Å². The number of fused-ring (bicyclic) bond motifs is 1. The van der Waals surface area contributed by atoms with Gasteiger partial charge in [-0.3, -0.25) is 19.7 Å². The van der Waals surface area contributed by atoms with Crippen LogP contribution in [0.1, 0.15) is 53.2 Å². The van der Waals surface area contributed by atoms with Gasteiger partial charge in [0.05, 0.1) is 0 Å². The summed E-state index contributed by atoms with van der Waals surface area (Å²) < 4.78 is 0. The van der Waals surface area contributed by atoms with Crippen molar-refractivity contribution in [3.63, 3.8) is 0 Å². The van der Waals surface area contributed by atoms with E-state index in [9.17, 15) is 14.4 Å². The normalized spacial score (nSPS) is 23.5. The summed E-state index contributed by atoms with van der Waals surface area (Å²) in [5.41, 5.74) is 5.04. The summed E-state index contributed by atoms with van der Waals surface area (Å²) in [7, 11) is 0. The first-order chi connectivity index (χ1) is 16.4. The largest absolute Gasteiger partial charge is 0.381 e. The maximum Gasteiger partial charge on any atom is 0.255 e. The Hall–Kier alpha value is -3.45. The van der Waals surface area contributed by atoms with Gasteiger partial charge in [0.2, 0.25) is 11.8 Å². The molecule has 2 aliphatic heterocycles. The summed E-state index contributed by atoms with van der Waals surface area (Å²) in [5, 5.41) is 9.41. The predicted octanol–water partition coefficient (Wildman–Crippen LogP) is 2.91. The SMILES string of the molecule is CC1(NCCc2ccc(CNc3cccc4c3CN(C3CCC(=O)NC3=O)C4=O)cc2)C=CC1. The highest BCUT2D eigenvalue weighted by Gasteiger charge is 2.39. The maximum absolute atomic E-state index is 13.0. The zero-order valence-electron chi connectivity index (χ0n) is 19.4. The Labute approximate surface area is 199 Å². The molecular weight excluding hydrogens is 428 g/mol. The highest BCUT2D eigenvalue weighted by molar-refractivity contribution is 6.06. The smallest absolute Gasteiger partial charge is 0.255 e. The van der Waals surface area contributed by atoms with E-state index in [1.807, 2.05) is 12.1 Å². The van der Waals surface area contributed by atoms with E-state index in [-0.39, 0.29) is 29.7 Å². The van der Waals surface area contributed by atoms with E-state index in [1.54, 1.807) is 11.0 Å². The van der Waals surface area contributed by atoms with Crippen LogP contribution in [0.4, 0.5) is 5.69 Å². The van der Waals surface area contributed by atoms with Gasteiger partial charge in [0, 0.05) is 41.9 Å². The Morgan fingerprint density at radius 2 is 1.85 bits per heavy atom. The molecular formula is C27H30N4O3. The number of carbonyl (C=O) groups is 3. The molecule has 0 aromatic heterocycles. The molecule has 7 heteroatoms. The molecule has 176 valence electrons. The van der Waals surface area contributed by atoms with Crippen LogP contribution >= 0.6 is 0 Å². The van der Waals surface area contributed by atoms with E-state index in [0.717, 1.165) is 36.2 Å². The number of amides is 3. The molecule has 0 bridgehead atoms. The zero-order valence-corrected chi connectivity index (χ0v) is 19.4. The molecule has 1 aliphatic carbocycles. The van der Waals surface area contributed by atoms with Gasteiger partial charge in [0.25, 0.3) is 5.91 Å². The van der Waals surface area contributed by atoms with Crippen LogP contribution < -0.4 is 16.0 Å². The lowest BCUT2D eigenvalue weighted by Gasteiger charge is -2.32. The molecule has 2 aromatic rings.